The van der Waals surface area contributed by atoms with Gasteiger partial charge in [0.1, 0.15) is 38.8 Å². The van der Waals surface area contributed by atoms with Crippen molar-refractivity contribution in [3.63, 3.8) is 0 Å². The Hall–Kier alpha value is -5.39. The van der Waals surface area contributed by atoms with Crippen LogP contribution in [0, 0.1) is 23.2 Å². The van der Waals surface area contributed by atoms with E-state index in [1.807, 2.05) is 0 Å². The number of rotatable bonds is 28. The molecule has 0 radical (unpaired) electrons. The Bertz CT molecular complexity index is 2030. The minimum absolute atomic E-state index is 0.0332. The lowest BCUT2D eigenvalue weighted by molar-refractivity contribution is -0.153. The van der Waals surface area contributed by atoms with Crippen LogP contribution in [0.2, 0.25) is 0 Å². The molecule has 2 aliphatic rings. The maximum atomic E-state index is 13.0. The second-order valence-corrected chi connectivity index (χ2v) is 19.5. The highest BCUT2D eigenvalue weighted by Crippen LogP contribution is 2.41. The third kappa shape index (κ3) is 17.3. The number of carbonyl (C=O) groups excluding carboxylic acids is 5. The zero-order valence-electron chi connectivity index (χ0n) is 42.1. The quantitative estimate of drug-likeness (QED) is 0.0346. The van der Waals surface area contributed by atoms with Gasteiger partial charge in [0.15, 0.2) is 0 Å². The van der Waals surface area contributed by atoms with Crippen LogP contribution in [0.25, 0.3) is 11.1 Å². The molecule has 0 aromatic heterocycles. The van der Waals surface area contributed by atoms with E-state index in [9.17, 15) is 24.0 Å². The summed E-state index contributed by atoms with van der Waals surface area (Å²) in [6.07, 6.45) is 12.3. The zero-order valence-corrected chi connectivity index (χ0v) is 42.1. The number of aryl methyl sites for hydroxylation is 3. The maximum Gasteiger partial charge on any atom is 0.508 e. The number of hydrogen-bond acceptors (Lipinski definition) is 12. The van der Waals surface area contributed by atoms with Crippen molar-refractivity contribution in [3.8, 4) is 16.9 Å². The third-order valence-corrected chi connectivity index (χ3v) is 12.9. The SMILES string of the molecule is C=C(C)C(=O)OCCCc1cc(-c2ccc(C3CCC(CCCCC)CC3)cc2CC)cc(CCCOC(=O)C(C)C)c1OCC(COC(=O)C(=C)C)(COC(=O)C(=C)C)CC1COC(=O)OC1. The van der Waals surface area contributed by atoms with Gasteiger partial charge >= 0.3 is 30.0 Å². The lowest BCUT2D eigenvalue weighted by Gasteiger charge is -2.36. The fourth-order valence-corrected chi connectivity index (χ4v) is 8.93. The Labute approximate surface area is 405 Å². The van der Waals surface area contributed by atoms with E-state index >= 15 is 0 Å². The van der Waals surface area contributed by atoms with Gasteiger partial charge in [-0.15, -0.1) is 0 Å². The lowest BCUT2D eigenvalue weighted by Crippen LogP contribution is -2.44. The van der Waals surface area contributed by atoms with Crippen LogP contribution in [0.15, 0.2) is 66.8 Å². The van der Waals surface area contributed by atoms with Crippen LogP contribution in [0.4, 0.5) is 4.79 Å². The van der Waals surface area contributed by atoms with Crippen molar-refractivity contribution in [1.29, 1.82) is 0 Å². The van der Waals surface area contributed by atoms with Crippen molar-refractivity contribution in [2.45, 2.75) is 144 Å². The highest BCUT2D eigenvalue weighted by molar-refractivity contribution is 5.88. The first-order chi connectivity index (χ1) is 32.4. The monoisotopic (exact) mass is 943 g/mol. The number of unbranched alkanes of at least 4 members (excludes halogenated alkanes) is 2. The summed E-state index contributed by atoms with van der Waals surface area (Å²) in [6.45, 7) is 23.8. The molecule has 2 aromatic rings. The van der Waals surface area contributed by atoms with Gasteiger partial charge in [-0.1, -0.05) is 91.3 Å². The number of cyclic esters (lactones) is 2. The fourth-order valence-electron chi connectivity index (χ4n) is 8.93. The summed E-state index contributed by atoms with van der Waals surface area (Å²) >= 11 is 0. The van der Waals surface area contributed by atoms with Crippen LogP contribution in [0.1, 0.15) is 147 Å². The number of benzene rings is 2. The summed E-state index contributed by atoms with van der Waals surface area (Å²) in [7, 11) is 0. The molecule has 0 spiro atoms. The molecule has 0 atom stereocenters. The normalized spacial score (nSPS) is 16.3. The molecule has 2 aromatic carbocycles. The predicted octanol–water partition coefficient (Wildman–Crippen LogP) is 11.7. The van der Waals surface area contributed by atoms with Crippen molar-refractivity contribution in [3.05, 3.63) is 89.0 Å². The van der Waals surface area contributed by atoms with Gasteiger partial charge in [-0.05, 0) is 142 Å². The number of carbonyl (C=O) groups is 5. The van der Waals surface area contributed by atoms with Crippen LogP contribution in [0.5, 0.6) is 5.75 Å². The Morgan fingerprint density at radius 3 is 1.78 bits per heavy atom. The van der Waals surface area contributed by atoms with E-state index in [-0.39, 0.29) is 81.6 Å². The van der Waals surface area contributed by atoms with E-state index < -0.39 is 29.5 Å². The van der Waals surface area contributed by atoms with Crippen molar-refractivity contribution in [1.82, 2.24) is 0 Å². The van der Waals surface area contributed by atoms with Crippen LogP contribution < -0.4 is 4.74 Å². The van der Waals surface area contributed by atoms with Crippen LogP contribution in [-0.4, -0.2) is 76.3 Å². The van der Waals surface area contributed by atoms with Gasteiger partial charge in [0.25, 0.3) is 0 Å². The molecule has 0 amide bonds. The molecule has 2 fully saturated rings. The second kappa shape index (κ2) is 27.6. The second-order valence-electron chi connectivity index (χ2n) is 19.5. The van der Waals surface area contributed by atoms with Crippen molar-refractivity contribution in [2.24, 2.45) is 23.2 Å². The largest absolute Gasteiger partial charge is 0.508 e. The molecule has 12 heteroatoms. The Kier molecular flexibility index (Phi) is 22.4. The number of ether oxygens (including phenoxy) is 7. The molecular weight excluding hydrogens is 865 g/mol. The van der Waals surface area contributed by atoms with E-state index in [1.165, 1.54) is 62.5 Å². The topological polar surface area (TPSA) is 150 Å². The smallest absolute Gasteiger partial charge is 0.492 e. The highest BCUT2D eigenvalue weighted by Gasteiger charge is 2.40. The summed E-state index contributed by atoms with van der Waals surface area (Å²) in [5, 5.41) is 0. The Morgan fingerprint density at radius 2 is 1.25 bits per heavy atom. The summed E-state index contributed by atoms with van der Waals surface area (Å²) in [5.41, 5.74) is 5.94. The third-order valence-electron chi connectivity index (χ3n) is 12.9. The van der Waals surface area contributed by atoms with E-state index in [0.29, 0.717) is 42.9 Å². The average Bonchev–Trinajstić information content (AvgIpc) is 3.32. The van der Waals surface area contributed by atoms with Crippen molar-refractivity contribution >= 4 is 30.0 Å². The molecule has 68 heavy (non-hydrogen) atoms. The molecule has 1 aliphatic carbocycles. The standard InChI is InChI=1S/C56H78O12/c1-11-13-14-17-41-20-22-44(23-21-41)45-24-25-49(43(12-2)28-45)48-29-46(18-15-26-62-51(57)37(3)4)50(47(30-48)19-16-27-63-52(58)38(5)6)66-34-56(35-67-53(59)39(7)8,36-68-54(60)40(9)10)31-42-32-64-55(61)65-33-42/h24-25,28-30,38,41-42,44H,3,7,9,11-23,26-27,31-36H2,1-2,4-6,8,10H3. The number of esters is 4. The molecule has 1 saturated heterocycles. The lowest BCUT2D eigenvalue weighted by atomic mass is 9.76. The van der Waals surface area contributed by atoms with Crippen LogP contribution >= 0.6 is 0 Å². The predicted molar refractivity (Wildman–Crippen MR) is 263 cm³/mol. The van der Waals surface area contributed by atoms with Gasteiger partial charge in [-0.25, -0.2) is 19.2 Å². The molecule has 1 aliphatic heterocycles. The van der Waals surface area contributed by atoms with Gasteiger partial charge in [-0.3, -0.25) is 4.79 Å². The first-order valence-corrected chi connectivity index (χ1v) is 24.8. The molecule has 12 nitrogen and oxygen atoms in total. The van der Waals surface area contributed by atoms with E-state index in [1.54, 1.807) is 34.6 Å². The van der Waals surface area contributed by atoms with Crippen LogP contribution in [-0.2, 0) is 66.9 Å². The first kappa shape index (κ1) is 55.2. The Morgan fingerprint density at radius 1 is 0.691 bits per heavy atom. The van der Waals surface area contributed by atoms with Gasteiger partial charge in [-0.2, -0.15) is 0 Å². The van der Waals surface area contributed by atoms with Crippen molar-refractivity contribution in [2.75, 3.05) is 46.2 Å². The minimum atomic E-state index is -1.18. The molecule has 0 bridgehead atoms. The summed E-state index contributed by atoms with van der Waals surface area (Å²) in [5.74, 6) is -0.741. The summed E-state index contributed by atoms with van der Waals surface area (Å²) in [6, 6.07) is 11.2. The molecule has 0 unspecified atom stereocenters. The average molecular weight is 943 g/mol. The number of hydrogen-bond donors (Lipinski definition) is 0. The van der Waals surface area contributed by atoms with E-state index in [0.717, 1.165) is 34.6 Å². The summed E-state index contributed by atoms with van der Waals surface area (Å²) in [4.78, 5) is 62.8. The minimum Gasteiger partial charge on any atom is -0.492 e. The molecule has 4 rings (SSSR count). The summed E-state index contributed by atoms with van der Waals surface area (Å²) < 4.78 is 40.3. The molecule has 1 saturated carbocycles. The van der Waals surface area contributed by atoms with E-state index in [2.05, 4.69) is 63.9 Å². The fraction of sp³-hybridized carbons (Fsp3) is 0.589. The molecule has 374 valence electrons. The van der Waals surface area contributed by atoms with Gasteiger partial charge < -0.3 is 33.2 Å². The van der Waals surface area contributed by atoms with Gasteiger partial charge in [0.05, 0.1) is 24.5 Å². The highest BCUT2D eigenvalue weighted by atomic mass is 16.7. The Balaban J connectivity index is 1.81. The molecule has 0 N–H and O–H groups in total. The van der Waals surface area contributed by atoms with Crippen LogP contribution in [0.3, 0.4) is 0 Å². The zero-order chi connectivity index (χ0) is 49.8. The van der Waals surface area contributed by atoms with Crippen molar-refractivity contribution < 1.29 is 57.1 Å². The molecular formula is C56H78O12. The van der Waals surface area contributed by atoms with Gasteiger partial charge in [0.2, 0.25) is 0 Å². The maximum absolute atomic E-state index is 13.0. The first-order valence-electron chi connectivity index (χ1n) is 24.8. The van der Waals surface area contributed by atoms with Gasteiger partial charge in [0, 0.05) is 22.6 Å². The molecule has 1 heterocycles. The van der Waals surface area contributed by atoms with E-state index in [4.69, 9.17) is 33.2 Å².